The number of halogens is 1. The molecular weight excluding hydrogens is 238 g/mol. The number of hydrogen-bond acceptors (Lipinski definition) is 4. The Labute approximate surface area is 105 Å². The highest BCUT2D eigenvalue weighted by Gasteiger charge is 2.06. The van der Waals surface area contributed by atoms with Crippen LogP contribution >= 0.6 is 11.6 Å². The van der Waals surface area contributed by atoms with E-state index in [-0.39, 0.29) is 0 Å². The molecule has 0 atom stereocenters. The fourth-order valence-corrected chi connectivity index (χ4v) is 1.65. The van der Waals surface area contributed by atoms with Gasteiger partial charge in [-0.2, -0.15) is 4.98 Å². The average molecular weight is 252 g/mol. The van der Waals surface area contributed by atoms with Crippen LogP contribution in [0.25, 0.3) is 0 Å². The minimum absolute atomic E-state index is 0.508. The normalized spacial score (nSPS) is 10.5. The minimum Gasteiger partial charge on any atom is -0.376 e. The first kappa shape index (κ1) is 11.9. The summed E-state index contributed by atoms with van der Waals surface area (Å²) in [5.74, 6) is 1.31. The molecule has 0 aliphatic heterocycles. The predicted octanol–water partition coefficient (Wildman–Crippen LogP) is 3.21. The third-order valence-corrected chi connectivity index (χ3v) is 2.93. The summed E-state index contributed by atoms with van der Waals surface area (Å²) in [5, 5.41) is 7.81. The Kier molecular flexibility index (Phi) is 3.64. The van der Waals surface area contributed by atoms with Gasteiger partial charge in [-0.1, -0.05) is 29.7 Å². The summed E-state index contributed by atoms with van der Waals surface area (Å²) in [5.41, 5.74) is 2.00. The van der Waals surface area contributed by atoms with Gasteiger partial charge in [-0.3, -0.25) is 0 Å². The molecular formula is C12H14ClN3O. The number of aryl methyl sites for hydroxylation is 1. The monoisotopic (exact) mass is 251 g/mol. The van der Waals surface area contributed by atoms with Crippen LogP contribution in [0.15, 0.2) is 22.7 Å². The number of aromatic nitrogens is 2. The van der Waals surface area contributed by atoms with Crippen molar-refractivity contribution in [3.8, 4) is 0 Å². The summed E-state index contributed by atoms with van der Waals surface area (Å²) >= 11 is 6.03. The highest BCUT2D eigenvalue weighted by molar-refractivity contribution is 6.31. The van der Waals surface area contributed by atoms with Crippen LogP contribution in [0.2, 0.25) is 5.02 Å². The first-order valence-electron chi connectivity index (χ1n) is 5.51. The van der Waals surface area contributed by atoms with E-state index in [0.717, 1.165) is 28.5 Å². The topological polar surface area (TPSA) is 51.0 Å². The largest absolute Gasteiger partial charge is 0.376 e. The molecule has 0 spiro atoms. The summed E-state index contributed by atoms with van der Waals surface area (Å²) in [6, 6.07) is 5.74. The molecule has 1 aromatic heterocycles. The van der Waals surface area contributed by atoms with Crippen molar-refractivity contribution in [1.29, 1.82) is 0 Å². The molecule has 90 valence electrons. The van der Waals surface area contributed by atoms with Crippen LogP contribution in [0, 0.1) is 6.92 Å². The van der Waals surface area contributed by atoms with Crippen molar-refractivity contribution in [2.45, 2.75) is 26.8 Å². The Hall–Kier alpha value is -1.55. The van der Waals surface area contributed by atoms with E-state index in [4.69, 9.17) is 16.1 Å². The second kappa shape index (κ2) is 5.19. The van der Waals surface area contributed by atoms with Crippen molar-refractivity contribution in [2.24, 2.45) is 0 Å². The Morgan fingerprint density at radius 2 is 2.24 bits per heavy atom. The molecule has 2 aromatic rings. The van der Waals surface area contributed by atoms with Gasteiger partial charge in [0, 0.05) is 17.1 Å². The zero-order chi connectivity index (χ0) is 12.3. The molecule has 0 saturated carbocycles. The third-order valence-electron chi connectivity index (χ3n) is 2.52. The van der Waals surface area contributed by atoms with Gasteiger partial charge in [-0.25, -0.2) is 0 Å². The number of benzene rings is 1. The summed E-state index contributed by atoms with van der Waals surface area (Å²) < 4.78 is 5.09. The molecule has 0 unspecified atom stereocenters. The molecule has 0 aliphatic rings. The first-order valence-corrected chi connectivity index (χ1v) is 5.89. The fraction of sp³-hybridized carbons (Fsp3) is 0.333. The maximum Gasteiger partial charge on any atom is 0.245 e. The molecule has 0 saturated heterocycles. The SMILES string of the molecule is CCc1noc(CNc2cccc(Cl)c2C)n1. The molecule has 17 heavy (non-hydrogen) atoms. The lowest BCUT2D eigenvalue weighted by atomic mass is 10.2. The van der Waals surface area contributed by atoms with Gasteiger partial charge in [0.15, 0.2) is 5.82 Å². The van der Waals surface area contributed by atoms with Crippen molar-refractivity contribution in [1.82, 2.24) is 10.1 Å². The second-order valence-corrected chi connectivity index (χ2v) is 4.13. The van der Waals surface area contributed by atoms with E-state index in [1.807, 2.05) is 32.0 Å². The number of anilines is 1. The number of hydrogen-bond donors (Lipinski definition) is 1. The molecule has 0 fully saturated rings. The van der Waals surface area contributed by atoms with Crippen LogP contribution in [0.3, 0.4) is 0 Å². The molecule has 5 heteroatoms. The Morgan fingerprint density at radius 3 is 2.94 bits per heavy atom. The molecule has 1 N–H and O–H groups in total. The zero-order valence-electron chi connectivity index (χ0n) is 9.83. The van der Waals surface area contributed by atoms with E-state index in [9.17, 15) is 0 Å². The zero-order valence-corrected chi connectivity index (χ0v) is 10.6. The number of nitrogens with one attached hydrogen (secondary N) is 1. The summed E-state index contributed by atoms with van der Waals surface area (Å²) in [6.07, 6.45) is 0.777. The summed E-state index contributed by atoms with van der Waals surface area (Å²) in [6.45, 7) is 4.47. The van der Waals surface area contributed by atoms with Gasteiger partial charge in [0.05, 0.1) is 6.54 Å². The van der Waals surface area contributed by atoms with Gasteiger partial charge in [0.2, 0.25) is 5.89 Å². The quantitative estimate of drug-likeness (QED) is 0.907. The molecule has 0 radical (unpaired) electrons. The molecule has 0 aliphatic carbocycles. The first-order chi connectivity index (χ1) is 8.20. The van der Waals surface area contributed by atoms with E-state index >= 15 is 0 Å². The van der Waals surface area contributed by atoms with Gasteiger partial charge in [0.25, 0.3) is 0 Å². The summed E-state index contributed by atoms with van der Waals surface area (Å²) in [7, 11) is 0. The van der Waals surface area contributed by atoms with Gasteiger partial charge >= 0.3 is 0 Å². The molecule has 1 aromatic carbocycles. The van der Waals surface area contributed by atoms with Crippen LogP contribution in [0.5, 0.6) is 0 Å². The third kappa shape index (κ3) is 2.77. The van der Waals surface area contributed by atoms with Crippen LogP contribution in [0.1, 0.15) is 24.2 Å². The lowest BCUT2D eigenvalue weighted by molar-refractivity contribution is 0.378. The Bertz CT molecular complexity index is 510. The Morgan fingerprint density at radius 1 is 1.41 bits per heavy atom. The summed E-state index contributed by atoms with van der Waals surface area (Å²) in [4.78, 5) is 4.22. The van der Waals surface area contributed by atoms with Crippen molar-refractivity contribution in [3.63, 3.8) is 0 Å². The van der Waals surface area contributed by atoms with E-state index in [1.54, 1.807) is 0 Å². The van der Waals surface area contributed by atoms with Gasteiger partial charge in [-0.15, -0.1) is 0 Å². The van der Waals surface area contributed by atoms with E-state index in [0.29, 0.717) is 12.4 Å². The van der Waals surface area contributed by atoms with Gasteiger partial charge in [-0.05, 0) is 24.6 Å². The Balaban J connectivity index is 2.04. The molecule has 0 amide bonds. The molecule has 1 heterocycles. The van der Waals surface area contributed by atoms with Crippen LogP contribution in [0.4, 0.5) is 5.69 Å². The highest BCUT2D eigenvalue weighted by Crippen LogP contribution is 2.23. The van der Waals surface area contributed by atoms with Crippen molar-refractivity contribution in [3.05, 3.63) is 40.5 Å². The average Bonchev–Trinajstić information content (AvgIpc) is 2.79. The number of rotatable bonds is 4. The molecule has 4 nitrogen and oxygen atoms in total. The molecule has 2 rings (SSSR count). The van der Waals surface area contributed by atoms with Crippen molar-refractivity contribution in [2.75, 3.05) is 5.32 Å². The lowest BCUT2D eigenvalue weighted by Crippen LogP contribution is -2.01. The standard InChI is InChI=1S/C12H14ClN3O/c1-3-11-15-12(17-16-11)7-14-10-6-4-5-9(13)8(10)2/h4-6,14H,3,7H2,1-2H3. The second-order valence-electron chi connectivity index (χ2n) is 3.72. The highest BCUT2D eigenvalue weighted by atomic mass is 35.5. The lowest BCUT2D eigenvalue weighted by Gasteiger charge is -2.08. The van der Waals surface area contributed by atoms with Crippen LogP contribution in [-0.2, 0) is 13.0 Å². The minimum atomic E-state index is 0.508. The molecule has 0 bridgehead atoms. The van der Waals surface area contributed by atoms with E-state index in [1.165, 1.54) is 0 Å². The van der Waals surface area contributed by atoms with Gasteiger partial charge in [0.1, 0.15) is 0 Å². The van der Waals surface area contributed by atoms with Gasteiger partial charge < -0.3 is 9.84 Å². The predicted molar refractivity (Wildman–Crippen MR) is 67.2 cm³/mol. The van der Waals surface area contributed by atoms with Crippen LogP contribution in [-0.4, -0.2) is 10.1 Å². The maximum atomic E-state index is 6.03. The van der Waals surface area contributed by atoms with Crippen molar-refractivity contribution < 1.29 is 4.52 Å². The maximum absolute atomic E-state index is 6.03. The van der Waals surface area contributed by atoms with Crippen molar-refractivity contribution >= 4 is 17.3 Å². The van der Waals surface area contributed by atoms with E-state index in [2.05, 4.69) is 15.5 Å². The number of nitrogens with zero attached hydrogens (tertiary/aromatic N) is 2. The van der Waals surface area contributed by atoms with E-state index < -0.39 is 0 Å². The fourth-order valence-electron chi connectivity index (χ4n) is 1.48. The smallest absolute Gasteiger partial charge is 0.245 e. The van der Waals surface area contributed by atoms with Crippen LogP contribution < -0.4 is 5.32 Å².